The van der Waals surface area contributed by atoms with Gasteiger partial charge in [-0.25, -0.2) is 4.79 Å². The number of piperazine rings is 1. The molecule has 0 unspecified atom stereocenters. The minimum absolute atomic E-state index is 0.207. The van der Waals surface area contributed by atoms with Gasteiger partial charge in [0.15, 0.2) is 5.82 Å². The number of anilines is 1. The lowest BCUT2D eigenvalue weighted by atomic mass is 9.75. The van der Waals surface area contributed by atoms with Crippen LogP contribution in [0.25, 0.3) is 10.2 Å². The SMILES string of the molecule is CC(C)[C@@H]1CC[C@@H](C)C[C@H]1OC(=O)n1nc(NC(=O)c2ccc(CN3CCN(C)CC3)cc2)c2cc(C(=O)NC(C)(C)c3ccccc3)sc21. The summed E-state index contributed by atoms with van der Waals surface area (Å²) in [6.07, 6.45) is 2.06. The quantitative estimate of drug-likeness (QED) is 0.190. The number of nitrogens with one attached hydrogen (secondary N) is 2. The van der Waals surface area contributed by atoms with Gasteiger partial charge in [-0.1, -0.05) is 69.7 Å². The summed E-state index contributed by atoms with van der Waals surface area (Å²) in [4.78, 5) is 46.7. The van der Waals surface area contributed by atoms with Crippen molar-refractivity contribution in [2.24, 2.45) is 17.8 Å². The number of rotatable bonds is 9. The van der Waals surface area contributed by atoms with E-state index in [0.29, 0.717) is 32.5 Å². The Morgan fingerprint density at radius 2 is 1.68 bits per heavy atom. The Bertz CT molecular complexity index is 1810. The van der Waals surface area contributed by atoms with E-state index >= 15 is 0 Å². The lowest BCUT2D eigenvalue weighted by Crippen LogP contribution is -2.43. The Balaban J connectivity index is 1.25. The van der Waals surface area contributed by atoms with Crippen molar-refractivity contribution in [2.75, 3.05) is 38.5 Å². The number of hydrogen-bond acceptors (Lipinski definition) is 8. The molecule has 11 heteroatoms. The first kappa shape index (κ1) is 35.8. The highest BCUT2D eigenvalue weighted by Crippen LogP contribution is 2.37. The highest BCUT2D eigenvalue weighted by atomic mass is 32.1. The van der Waals surface area contributed by atoms with Gasteiger partial charge in [-0.3, -0.25) is 14.5 Å². The zero-order valence-corrected chi connectivity index (χ0v) is 30.9. The van der Waals surface area contributed by atoms with Crippen LogP contribution in [0.1, 0.15) is 85.0 Å². The number of hydrogen-bond donors (Lipinski definition) is 2. The largest absolute Gasteiger partial charge is 0.444 e. The average molecular weight is 699 g/mol. The van der Waals surface area contributed by atoms with Crippen LogP contribution < -0.4 is 10.6 Å². The van der Waals surface area contributed by atoms with Gasteiger partial charge in [-0.05, 0) is 80.8 Å². The van der Waals surface area contributed by atoms with Crippen molar-refractivity contribution in [1.29, 1.82) is 0 Å². The second kappa shape index (κ2) is 15.0. The molecular weight excluding hydrogens is 649 g/mol. The number of thiophene rings is 1. The van der Waals surface area contributed by atoms with Crippen LogP contribution in [0.3, 0.4) is 0 Å². The fraction of sp³-hybridized carbons (Fsp3) is 0.487. The van der Waals surface area contributed by atoms with E-state index in [4.69, 9.17) is 4.74 Å². The zero-order valence-electron chi connectivity index (χ0n) is 30.1. The summed E-state index contributed by atoms with van der Waals surface area (Å²) >= 11 is 1.16. The van der Waals surface area contributed by atoms with E-state index in [1.807, 2.05) is 68.4 Å². The predicted octanol–water partition coefficient (Wildman–Crippen LogP) is 7.21. The Hall–Kier alpha value is -4.06. The Kier molecular flexibility index (Phi) is 10.8. The van der Waals surface area contributed by atoms with E-state index in [1.54, 1.807) is 6.07 Å². The van der Waals surface area contributed by atoms with Gasteiger partial charge < -0.3 is 20.3 Å². The third-order valence-corrected chi connectivity index (χ3v) is 11.5. The summed E-state index contributed by atoms with van der Waals surface area (Å²) in [5, 5.41) is 11.1. The molecule has 2 amide bonds. The molecule has 6 rings (SSSR count). The molecule has 4 aromatic rings. The number of benzene rings is 2. The van der Waals surface area contributed by atoms with Crippen molar-refractivity contribution in [1.82, 2.24) is 24.9 Å². The van der Waals surface area contributed by atoms with Crippen LogP contribution in [0.4, 0.5) is 10.6 Å². The van der Waals surface area contributed by atoms with Crippen molar-refractivity contribution in [3.63, 3.8) is 0 Å². The number of carbonyl (C=O) groups is 3. The third kappa shape index (κ3) is 8.11. The van der Waals surface area contributed by atoms with Crippen LogP contribution in [0.15, 0.2) is 60.7 Å². The van der Waals surface area contributed by atoms with Crippen molar-refractivity contribution < 1.29 is 19.1 Å². The normalized spacial score (nSPS) is 20.6. The molecule has 3 atom stereocenters. The maximum Gasteiger partial charge on any atom is 0.436 e. The van der Waals surface area contributed by atoms with Crippen LogP contribution in [0.5, 0.6) is 0 Å². The summed E-state index contributed by atoms with van der Waals surface area (Å²) in [6, 6.07) is 19.1. The Labute approximate surface area is 299 Å². The zero-order chi connectivity index (χ0) is 35.6. The number of likely N-dealkylation sites (N-methyl/N-ethyl adjacent to an activating group) is 1. The molecule has 1 aliphatic carbocycles. The summed E-state index contributed by atoms with van der Waals surface area (Å²) in [5.41, 5.74) is 1.94. The fourth-order valence-corrected chi connectivity index (χ4v) is 8.14. The van der Waals surface area contributed by atoms with Crippen molar-refractivity contribution in [3.05, 3.63) is 82.2 Å². The monoisotopic (exact) mass is 698 g/mol. The topological polar surface area (TPSA) is 109 Å². The molecule has 0 spiro atoms. The van der Waals surface area contributed by atoms with Gasteiger partial charge in [-0.2, -0.15) is 4.68 Å². The first-order chi connectivity index (χ1) is 23.9. The van der Waals surface area contributed by atoms with E-state index in [-0.39, 0.29) is 29.7 Å². The fourth-order valence-electron chi connectivity index (χ4n) is 7.14. The van der Waals surface area contributed by atoms with Crippen LogP contribution in [-0.2, 0) is 16.8 Å². The van der Waals surface area contributed by atoms with Crippen molar-refractivity contribution in [3.8, 4) is 0 Å². The summed E-state index contributed by atoms with van der Waals surface area (Å²) < 4.78 is 7.38. The van der Waals surface area contributed by atoms with Gasteiger partial charge in [0, 0.05) is 38.3 Å². The minimum atomic E-state index is -0.642. The lowest BCUT2D eigenvalue weighted by molar-refractivity contribution is 0.00600. The van der Waals surface area contributed by atoms with E-state index < -0.39 is 11.6 Å². The number of amides is 2. The molecule has 1 saturated carbocycles. The number of carbonyl (C=O) groups excluding carboxylic acids is 3. The van der Waals surface area contributed by atoms with Gasteiger partial charge in [0.1, 0.15) is 10.9 Å². The maximum absolute atomic E-state index is 13.8. The summed E-state index contributed by atoms with van der Waals surface area (Å²) in [7, 11) is 2.14. The van der Waals surface area contributed by atoms with Crippen LogP contribution >= 0.6 is 11.3 Å². The highest BCUT2D eigenvalue weighted by molar-refractivity contribution is 7.20. The molecule has 0 bridgehead atoms. The molecule has 0 radical (unpaired) electrons. The van der Waals surface area contributed by atoms with Crippen LogP contribution in [0, 0.1) is 17.8 Å². The summed E-state index contributed by atoms with van der Waals surface area (Å²) in [6.45, 7) is 15.4. The van der Waals surface area contributed by atoms with Gasteiger partial charge >= 0.3 is 6.09 Å². The lowest BCUT2D eigenvalue weighted by Gasteiger charge is -2.36. The molecule has 3 heterocycles. The first-order valence-corrected chi connectivity index (χ1v) is 18.6. The number of fused-ring (bicyclic) bond motifs is 1. The minimum Gasteiger partial charge on any atom is -0.444 e. The third-order valence-electron chi connectivity index (χ3n) is 10.3. The van der Waals surface area contributed by atoms with Crippen LogP contribution in [0.2, 0.25) is 0 Å². The number of ether oxygens (including phenoxy) is 1. The average Bonchev–Trinajstić information content (AvgIpc) is 3.67. The first-order valence-electron chi connectivity index (χ1n) is 17.8. The smallest absolute Gasteiger partial charge is 0.436 e. The Morgan fingerprint density at radius 1 is 0.980 bits per heavy atom. The standard InChI is InChI=1S/C39H50N6O4S/c1-25(2)30-17-12-26(3)22-32(30)49-38(48)45-37-31(23-33(50-37)36(47)41-39(4,5)29-10-8-7-9-11-29)34(42-45)40-35(46)28-15-13-27(14-16-28)24-44-20-18-43(6)19-21-44/h7-11,13-16,23,25-26,30,32H,12,17-22,24H2,1-6H3,(H,41,47)(H,40,42,46)/t26-,30+,32-/m1/s1. The molecule has 2 aliphatic rings. The van der Waals surface area contributed by atoms with E-state index in [1.165, 1.54) is 4.68 Å². The number of nitrogens with zero attached hydrogens (tertiary/aromatic N) is 4. The van der Waals surface area contributed by atoms with Crippen molar-refractivity contribution in [2.45, 2.75) is 72.1 Å². The molecule has 266 valence electrons. The highest BCUT2D eigenvalue weighted by Gasteiger charge is 2.35. The van der Waals surface area contributed by atoms with Gasteiger partial charge in [0.2, 0.25) is 0 Å². The summed E-state index contributed by atoms with van der Waals surface area (Å²) in [5.74, 6) is 0.649. The van der Waals surface area contributed by atoms with Gasteiger partial charge in [-0.15, -0.1) is 16.4 Å². The maximum atomic E-state index is 13.8. The second-order valence-corrected chi connectivity index (χ2v) is 16.0. The molecule has 1 aliphatic heterocycles. The number of aromatic nitrogens is 2. The molecule has 2 aromatic carbocycles. The molecule has 2 aromatic heterocycles. The van der Waals surface area contributed by atoms with E-state index in [2.05, 4.69) is 53.4 Å². The van der Waals surface area contributed by atoms with Gasteiger partial charge in [0.05, 0.1) is 15.8 Å². The molecule has 50 heavy (non-hydrogen) atoms. The second-order valence-electron chi connectivity index (χ2n) is 15.0. The van der Waals surface area contributed by atoms with Crippen molar-refractivity contribution >= 4 is 45.3 Å². The predicted molar refractivity (Wildman–Crippen MR) is 199 cm³/mol. The molecule has 1 saturated heterocycles. The molecule has 2 fully saturated rings. The van der Waals surface area contributed by atoms with E-state index in [0.717, 1.165) is 74.4 Å². The molecule has 2 N–H and O–H groups in total. The van der Waals surface area contributed by atoms with E-state index in [9.17, 15) is 14.4 Å². The van der Waals surface area contributed by atoms with Crippen LogP contribution in [-0.4, -0.2) is 76.8 Å². The molecular formula is C39H50N6O4S. The Morgan fingerprint density at radius 3 is 2.36 bits per heavy atom. The molecule has 10 nitrogen and oxygen atoms in total. The van der Waals surface area contributed by atoms with Gasteiger partial charge in [0.25, 0.3) is 11.8 Å².